The highest BCUT2D eigenvalue weighted by atomic mass is 16.1. The fraction of sp³-hybridized carbons (Fsp3) is 0.462. The van der Waals surface area contributed by atoms with Crippen LogP contribution in [0.2, 0.25) is 0 Å². The maximum absolute atomic E-state index is 11.6. The van der Waals surface area contributed by atoms with Crippen LogP contribution in [0.15, 0.2) is 35.5 Å². The summed E-state index contributed by atoms with van der Waals surface area (Å²) in [6, 6.07) is 0. The van der Waals surface area contributed by atoms with Gasteiger partial charge in [-0.05, 0) is 43.3 Å². The highest BCUT2D eigenvalue weighted by molar-refractivity contribution is 5.99. The molecule has 0 fully saturated rings. The van der Waals surface area contributed by atoms with Crippen LogP contribution in [-0.4, -0.2) is 5.78 Å². The molecule has 14 heavy (non-hydrogen) atoms. The molecule has 0 radical (unpaired) electrons. The van der Waals surface area contributed by atoms with Crippen molar-refractivity contribution in [2.24, 2.45) is 5.92 Å². The van der Waals surface area contributed by atoms with Gasteiger partial charge in [0.1, 0.15) is 0 Å². The van der Waals surface area contributed by atoms with Crippen molar-refractivity contribution in [3.8, 4) is 0 Å². The monoisotopic (exact) mass is 188 g/mol. The first kappa shape index (κ1) is 9.45. The second-order valence-corrected chi connectivity index (χ2v) is 4.36. The molecule has 0 bridgehead atoms. The summed E-state index contributed by atoms with van der Waals surface area (Å²) >= 11 is 0. The molecule has 0 heterocycles. The lowest BCUT2D eigenvalue weighted by atomic mass is 9.90. The summed E-state index contributed by atoms with van der Waals surface area (Å²) in [6.45, 7) is 6.01. The second-order valence-electron chi connectivity index (χ2n) is 4.36. The first-order valence-electron chi connectivity index (χ1n) is 5.25. The Kier molecular flexibility index (Phi) is 2.40. The normalized spacial score (nSPS) is 25.5. The Balaban J connectivity index is 2.22. The van der Waals surface area contributed by atoms with Crippen molar-refractivity contribution in [1.29, 1.82) is 0 Å². The number of hydrogen-bond donors (Lipinski definition) is 0. The summed E-state index contributed by atoms with van der Waals surface area (Å²) in [5.74, 6) is 0.898. The van der Waals surface area contributed by atoms with Gasteiger partial charge in [0.05, 0.1) is 0 Å². The number of allylic oxidation sites excluding steroid dienone is 5. The van der Waals surface area contributed by atoms with E-state index in [4.69, 9.17) is 0 Å². The summed E-state index contributed by atoms with van der Waals surface area (Å²) in [6.07, 6.45) is 7.91. The van der Waals surface area contributed by atoms with Gasteiger partial charge >= 0.3 is 0 Å². The largest absolute Gasteiger partial charge is 0.294 e. The molecular formula is C13H16O. The molecule has 0 aliphatic heterocycles. The molecule has 0 N–H and O–H groups in total. The van der Waals surface area contributed by atoms with Gasteiger partial charge in [0.25, 0.3) is 0 Å². The van der Waals surface area contributed by atoms with E-state index in [0.717, 1.165) is 24.8 Å². The Labute approximate surface area is 85.2 Å². The Morgan fingerprint density at radius 2 is 2.43 bits per heavy atom. The minimum absolute atomic E-state index is 0.340. The van der Waals surface area contributed by atoms with Crippen molar-refractivity contribution in [3.63, 3.8) is 0 Å². The van der Waals surface area contributed by atoms with Gasteiger partial charge in [0, 0.05) is 6.42 Å². The van der Waals surface area contributed by atoms with E-state index >= 15 is 0 Å². The molecule has 1 unspecified atom stereocenters. The van der Waals surface area contributed by atoms with Crippen LogP contribution in [0, 0.1) is 5.92 Å². The van der Waals surface area contributed by atoms with E-state index in [0.29, 0.717) is 18.1 Å². The predicted octanol–water partition coefficient (Wildman–Crippen LogP) is 3.19. The molecule has 0 saturated heterocycles. The molecular weight excluding hydrogens is 172 g/mol. The highest BCUT2D eigenvalue weighted by Crippen LogP contribution is 2.39. The smallest absolute Gasteiger partial charge is 0.162 e. The van der Waals surface area contributed by atoms with E-state index in [1.54, 1.807) is 0 Å². The summed E-state index contributed by atoms with van der Waals surface area (Å²) in [5, 5.41) is 0. The van der Waals surface area contributed by atoms with Gasteiger partial charge in [-0.3, -0.25) is 4.79 Å². The second kappa shape index (κ2) is 3.56. The minimum atomic E-state index is 0.340. The molecule has 2 aliphatic rings. The molecule has 74 valence electrons. The number of hydrogen-bond acceptors (Lipinski definition) is 1. The van der Waals surface area contributed by atoms with E-state index in [9.17, 15) is 4.79 Å². The summed E-state index contributed by atoms with van der Waals surface area (Å²) < 4.78 is 0. The SMILES string of the molecule is C=C(C)CC1CCC2=C1C=CCC2=O. The van der Waals surface area contributed by atoms with Gasteiger partial charge in [-0.2, -0.15) is 0 Å². The maximum atomic E-state index is 11.6. The van der Waals surface area contributed by atoms with Crippen LogP contribution < -0.4 is 0 Å². The number of rotatable bonds is 2. The molecule has 0 aromatic rings. The summed E-state index contributed by atoms with van der Waals surface area (Å²) in [7, 11) is 0. The Hall–Kier alpha value is -1.11. The molecule has 0 amide bonds. The van der Waals surface area contributed by atoms with Crippen LogP contribution >= 0.6 is 0 Å². The van der Waals surface area contributed by atoms with Crippen molar-refractivity contribution in [3.05, 3.63) is 35.5 Å². The first-order valence-corrected chi connectivity index (χ1v) is 5.25. The predicted molar refractivity (Wildman–Crippen MR) is 57.9 cm³/mol. The van der Waals surface area contributed by atoms with Crippen LogP contribution in [0.1, 0.15) is 32.6 Å². The van der Waals surface area contributed by atoms with Crippen LogP contribution in [-0.2, 0) is 4.79 Å². The maximum Gasteiger partial charge on any atom is 0.162 e. The van der Waals surface area contributed by atoms with Gasteiger partial charge in [-0.1, -0.05) is 17.7 Å². The number of Topliss-reactive ketones (excluding diaryl/α,β-unsaturated/α-hetero) is 1. The van der Waals surface area contributed by atoms with Gasteiger partial charge in [-0.25, -0.2) is 0 Å². The van der Waals surface area contributed by atoms with Crippen molar-refractivity contribution >= 4 is 5.78 Å². The van der Waals surface area contributed by atoms with E-state index in [2.05, 4.69) is 19.6 Å². The molecule has 1 heteroatoms. The van der Waals surface area contributed by atoms with Crippen LogP contribution in [0.3, 0.4) is 0 Å². The summed E-state index contributed by atoms with van der Waals surface area (Å²) in [4.78, 5) is 11.6. The lowest BCUT2D eigenvalue weighted by molar-refractivity contribution is -0.115. The summed E-state index contributed by atoms with van der Waals surface area (Å²) in [5.41, 5.74) is 3.61. The molecule has 2 rings (SSSR count). The molecule has 0 aromatic carbocycles. The average molecular weight is 188 g/mol. The highest BCUT2D eigenvalue weighted by Gasteiger charge is 2.28. The zero-order chi connectivity index (χ0) is 10.1. The molecule has 1 nitrogen and oxygen atoms in total. The molecule has 1 atom stereocenters. The van der Waals surface area contributed by atoms with Gasteiger partial charge in [0.15, 0.2) is 5.78 Å². The first-order chi connectivity index (χ1) is 6.68. The van der Waals surface area contributed by atoms with Crippen molar-refractivity contribution in [2.75, 3.05) is 0 Å². The van der Waals surface area contributed by atoms with Crippen LogP contribution in [0.25, 0.3) is 0 Å². The third-order valence-electron chi connectivity index (χ3n) is 3.06. The minimum Gasteiger partial charge on any atom is -0.294 e. The lowest BCUT2D eigenvalue weighted by Gasteiger charge is -2.14. The average Bonchev–Trinajstić information content (AvgIpc) is 2.49. The van der Waals surface area contributed by atoms with Crippen molar-refractivity contribution in [2.45, 2.75) is 32.6 Å². The quantitative estimate of drug-likeness (QED) is 0.608. The zero-order valence-corrected chi connectivity index (χ0v) is 8.68. The Morgan fingerprint density at radius 1 is 1.64 bits per heavy atom. The van der Waals surface area contributed by atoms with Crippen LogP contribution in [0.4, 0.5) is 0 Å². The van der Waals surface area contributed by atoms with E-state index < -0.39 is 0 Å². The number of carbonyl (C=O) groups is 1. The fourth-order valence-corrected chi connectivity index (χ4v) is 2.45. The van der Waals surface area contributed by atoms with Crippen molar-refractivity contribution < 1.29 is 4.79 Å². The third kappa shape index (κ3) is 1.59. The van der Waals surface area contributed by atoms with E-state index in [1.807, 2.05) is 6.08 Å². The van der Waals surface area contributed by atoms with Crippen LogP contribution in [0.5, 0.6) is 0 Å². The standard InChI is InChI=1S/C13H16O/c1-9(2)8-10-6-7-12-11(10)4-3-5-13(12)14/h3-4,10H,1,5-8H2,2H3. The van der Waals surface area contributed by atoms with Crippen molar-refractivity contribution in [1.82, 2.24) is 0 Å². The Bertz CT molecular complexity index is 344. The molecule has 0 spiro atoms. The van der Waals surface area contributed by atoms with Gasteiger partial charge < -0.3 is 0 Å². The molecule has 0 saturated carbocycles. The third-order valence-corrected chi connectivity index (χ3v) is 3.06. The van der Waals surface area contributed by atoms with E-state index in [-0.39, 0.29) is 0 Å². The lowest BCUT2D eigenvalue weighted by Crippen LogP contribution is -2.06. The van der Waals surface area contributed by atoms with Gasteiger partial charge in [0.2, 0.25) is 0 Å². The number of carbonyl (C=O) groups excluding carboxylic acids is 1. The zero-order valence-electron chi connectivity index (χ0n) is 8.68. The molecule has 0 aromatic heterocycles. The molecule has 2 aliphatic carbocycles. The van der Waals surface area contributed by atoms with Gasteiger partial charge in [-0.15, -0.1) is 6.58 Å². The fourth-order valence-electron chi connectivity index (χ4n) is 2.45. The Morgan fingerprint density at radius 3 is 3.14 bits per heavy atom. The topological polar surface area (TPSA) is 17.1 Å². The van der Waals surface area contributed by atoms with E-state index in [1.165, 1.54) is 11.1 Å². The number of ketones is 1.